The van der Waals surface area contributed by atoms with Gasteiger partial charge in [0.15, 0.2) is 0 Å². The first-order chi connectivity index (χ1) is 6.92. The maximum absolute atomic E-state index is 11.6. The Kier molecular flexibility index (Phi) is 3.29. The third kappa shape index (κ3) is 3.58. The summed E-state index contributed by atoms with van der Waals surface area (Å²) < 4.78 is 5.22. The summed E-state index contributed by atoms with van der Waals surface area (Å²) >= 11 is 0. The Bertz CT molecular complexity index is 356. The second-order valence-electron chi connectivity index (χ2n) is 4.21. The van der Waals surface area contributed by atoms with Gasteiger partial charge in [-0.05, 0) is 26.8 Å². The van der Waals surface area contributed by atoms with Gasteiger partial charge in [0.2, 0.25) is 0 Å². The largest absolute Gasteiger partial charge is 0.456 e. The number of hydrogen-bond donors (Lipinski definition) is 1. The average Bonchev–Trinajstić information content (AvgIpc) is 2.15. The minimum Gasteiger partial charge on any atom is -0.456 e. The molecule has 0 atom stereocenters. The lowest BCUT2D eigenvalue weighted by Gasteiger charge is -2.19. The minimum atomic E-state index is -0.479. The molecule has 1 rings (SSSR count). The van der Waals surface area contributed by atoms with Crippen molar-refractivity contribution in [2.45, 2.75) is 26.4 Å². The van der Waals surface area contributed by atoms with Crippen LogP contribution in [0.1, 0.15) is 31.1 Å². The van der Waals surface area contributed by atoms with Crippen molar-refractivity contribution in [1.29, 1.82) is 0 Å². The third-order valence-corrected chi connectivity index (χ3v) is 1.66. The van der Waals surface area contributed by atoms with Gasteiger partial charge in [-0.3, -0.25) is 4.98 Å². The molecule has 0 fully saturated rings. The highest BCUT2D eigenvalue weighted by Crippen LogP contribution is 2.13. The molecular weight excluding hydrogens is 192 g/mol. The Labute approximate surface area is 89.7 Å². The van der Waals surface area contributed by atoms with Crippen LogP contribution < -0.4 is 5.32 Å². The lowest BCUT2D eigenvalue weighted by molar-refractivity contribution is 0.00691. The van der Waals surface area contributed by atoms with E-state index in [1.807, 2.05) is 20.8 Å². The second kappa shape index (κ2) is 4.29. The summed E-state index contributed by atoms with van der Waals surface area (Å²) in [5.74, 6) is -0.355. The van der Waals surface area contributed by atoms with Crippen molar-refractivity contribution < 1.29 is 9.53 Å². The molecule has 1 aromatic heterocycles. The van der Waals surface area contributed by atoms with Crippen LogP contribution in [-0.4, -0.2) is 23.6 Å². The smallest absolute Gasteiger partial charge is 0.340 e. The number of hydrogen-bond acceptors (Lipinski definition) is 4. The number of nitrogens with zero attached hydrogens (tertiary/aromatic N) is 1. The fraction of sp³-hybridized carbons (Fsp3) is 0.455. The number of pyridine rings is 1. The van der Waals surface area contributed by atoms with Crippen molar-refractivity contribution in [3.05, 3.63) is 24.0 Å². The van der Waals surface area contributed by atoms with Crippen LogP contribution in [-0.2, 0) is 4.74 Å². The quantitative estimate of drug-likeness (QED) is 0.756. The first kappa shape index (κ1) is 11.5. The van der Waals surface area contributed by atoms with Gasteiger partial charge >= 0.3 is 5.97 Å². The van der Waals surface area contributed by atoms with Crippen LogP contribution in [0.5, 0.6) is 0 Å². The van der Waals surface area contributed by atoms with Crippen LogP contribution in [0.15, 0.2) is 18.5 Å². The van der Waals surface area contributed by atoms with Crippen molar-refractivity contribution in [2.75, 3.05) is 12.4 Å². The molecule has 1 heterocycles. The zero-order valence-corrected chi connectivity index (χ0v) is 9.50. The molecule has 0 saturated heterocycles. The summed E-state index contributed by atoms with van der Waals surface area (Å²) in [5.41, 5.74) is 0.766. The van der Waals surface area contributed by atoms with Crippen molar-refractivity contribution in [1.82, 2.24) is 4.98 Å². The molecule has 0 amide bonds. The van der Waals surface area contributed by atoms with Crippen LogP contribution in [0, 0.1) is 0 Å². The topological polar surface area (TPSA) is 51.2 Å². The van der Waals surface area contributed by atoms with Crippen molar-refractivity contribution in [3.8, 4) is 0 Å². The van der Waals surface area contributed by atoms with E-state index in [0.29, 0.717) is 5.56 Å². The number of carbonyl (C=O) groups is 1. The molecule has 0 bridgehead atoms. The van der Waals surface area contributed by atoms with E-state index in [0.717, 1.165) is 5.69 Å². The number of ether oxygens (including phenoxy) is 1. The summed E-state index contributed by atoms with van der Waals surface area (Å²) in [7, 11) is 1.77. The van der Waals surface area contributed by atoms with E-state index < -0.39 is 5.60 Å². The van der Waals surface area contributed by atoms with E-state index in [1.165, 1.54) is 6.20 Å². The van der Waals surface area contributed by atoms with Crippen molar-refractivity contribution >= 4 is 11.7 Å². The van der Waals surface area contributed by atoms with Gasteiger partial charge in [0, 0.05) is 19.4 Å². The highest BCUT2D eigenvalue weighted by atomic mass is 16.6. The van der Waals surface area contributed by atoms with Gasteiger partial charge in [0.05, 0.1) is 11.3 Å². The highest BCUT2D eigenvalue weighted by Gasteiger charge is 2.18. The van der Waals surface area contributed by atoms with Crippen molar-refractivity contribution in [3.63, 3.8) is 0 Å². The predicted octanol–water partition coefficient (Wildman–Crippen LogP) is 2.08. The minimum absolute atomic E-state index is 0.355. The SMILES string of the molecule is CNc1cncc(C(=O)OC(C)(C)C)c1. The molecule has 0 aliphatic rings. The fourth-order valence-corrected chi connectivity index (χ4v) is 1.03. The molecule has 1 aromatic rings. The summed E-state index contributed by atoms with van der Waals surface area (Å²) in [5, 5.41) is 2.91. The van der Waals surface area contributed by atoms with Crippen LogP contribution in [0.4, 0.5) is 5.69 Å². The Morgan fingerprint density at radius 1 is 1.40 bits per heavy atom. The molecule has 0 aliphatic heterocycles. The molecule has 4 heteroatoms. The van der Waals surface area contributed by atoms with Gasteiger partial charge in [-0.25, -0.2) is 4.79 Å². The first-order valence-electron chi connectivity index (χ1n) is 4.78. The Morgan fingerprint density at radius 3 is 2.60 bits per heavy atom. The number of carbonyl (C=O) groups excluding carboxylic acids is 1. The number of rotatable bonds is 2. The lowest BCUT2D eigenvalue weighted by atomic mass is 10.2. The zero-order valence-electron chi connectivity index (χ0n) is 9.50. The summed E-state index contributed by atoms with van der Waals surface area (Å²) in [6.07, 6.45) is 3.14. The molecule has 0 aliphatic carbocycles. The van der Waals surface area contributed by atoms with E-state index in [9.17, 15) is 4.79 Å². The second-order valence-corrected chi connectivity index (χ2v) is 4.21. The van der Waals surface area contributed by atoms with Gasteiger partial charge in [-0.1, -0.05) is 0 Å². The van der Waals surface area contributed by atoms with Crippen LogP contribution in [0.25, 0.3) is 0 Å². The maximum Gasteiger partial charge on any atom is 0.340 e. The molecule has 0 unspecified atom stereocenters. The van der Waals surface area contributed by atoms with Gasteiger partial charge in [-0.2, -0.15) is 0 Å². The molecular formula is C11H16N2O2. The third-order valence-electron chi connectivity index (χ3n) is 1.66. The lowest BCUT2D eigenvalue weighted by Crippen LogP contribution is -2.24. The van der Waals surface area contributed by atoms with E-state index in [2.05, 4.69) is 10.3 Å². The van der Waals surface area contributed by atoms with E-state index in [-0.39, 0.29) is 5.97 Å². The van der Waals surface area contributed by atoms with Crippen LogP contribution >= 0.6 is 0 Å². The normalized spacial score (nSPS) is 10.9. The summed E-state index contributed by atoms with van der Waals surface area (Å²) in [6, 6.07) is 1.71. The van der Waals surface area contributed by atoms with Crippen LogP contribution in [0.3, 0.4) is 0 Å². The Balaban J connectivity index is 2.82. The summed E-state index contributed by atoms with van der Waals surface area (Å²) in [6.45, 7) is 5.50. The Morgan fingerprint density at radius 2 is 2.07 bits per heavy atom. The van der Waals surface area contributed by atoms with E-state index >= 15 is 0 Å². The molecule has 0 radical (unpaired) electrons. The molecule has 1 N–H and O–H groups in total. The van der Waals surface area contributed by atoms with Gasteiger partial charge in [-0.15, -0.1) is 0 Å². The molecule has 4 nitrogen and oxygen atoms in total. The molecule has 15 heavy (non-hydrogen) atoms. The average molecular weight is 208 g/mol. The first-order valence-corrected chi connectivity index (χ1v) is 4.78. The van der Waals surface area contributed by atoms with Gasteiger partial charge in [0.1, 0.15) is 5.60 Å². The monoisotopic (exact) mass is 208 g/mol. The maximum atomic E-state index is 11.6. The number of anilines is 1. The number of esters is 1. The number of nitrogens with one attached hydrogen (secondary N) is 1. The van der Waals surface area contributed by atoms with Gasteiger partial charge < -0.3 is 10.1 Å². The number of aromatic nitrogens is 1. The molecule has 82 valence electrons. The highest BCUT2D eigenvalue weighted by molar-refractivity contribution is 5.90. The molecule has 0 saturated carbocycles. The van der Waals surface area contributed by atoms with E-state index in [4.69, 9.17) is 4.74 Å². The van der Waals surface area contributed by atoms with Crippen LogP contribution in [0.2, 0.25) is 0 Å². The summed E-state index contributed by atoms with van der Waals surface area (Å²) in [4.78, 5) is 15.6. The predicted molar refractivity (Wildman–Crippen MR) is 59.0 cm³/mol. The zero-order chi connectivity index (χ0) is 11.5. The van der Waals surface area contributed by atoms with E-state index in [1.54, 1.807) is 19.3 Å². The Hall–Kier alpha value is -1.58. The molecule has 0 spiro atoms. The fourth-order valence-electron chi connectivity index (χ4n) is 1.03. The molecule has 0 aromatic carbocycles. The standard InChI is InChI=1S/C11H16N2O2/c1-11(2,3)15-10(14)8-5-9(12-4)7-13-6-8/h5-7,12H,1-4H3. The van der Waals surface area contributed by atoms with Gasteiger partial charge in [0.25, 0.3) is 0 Å². The van der Waals surface area contributed by atoms with Crippen molar-refractivity contribution in [2.24, 2.45) is 0 Å².